The lowest BCUT2D eigenvalue weighted by Crippen LogP contribution is -2.34. The Labute approximate surface area is 153 Å². The Kier molecular flexibility index (Phi) is 7.73. The number of nitrogens with zero attached hydrogens (tertiary/aromatic N) is 3. The van der Waals surface area contributed by atoms with E-state index in [1.54, 1.807) is 12.4 Å². The van der Waals surface area contributed by atoms with Crippen molar-refractivity contribution in [2.45, 2.75) is 25.9 Å². The maximum atomic E-state index is 11.0. The van der Waals surface area contributed by atoms with Gasteiger partial charge in [-0.1, -0.05) is 37.3 Å². The minimum Gasteiger partial charge on any atom is -0.365 e. The molecule has 0 saturated carbocycles. The second-order valence-corrected chi connectivity index (χ2v) is 6.07. The van der Waals surface area contributed by atoms with Crippen LogP contribution < -0.4 is 10.8 Å². The first-order valence-electron chi connectivity index (χ1n) is 8.54. The van der Waals surface area contributed by atoms with Crippen LogP contribution in [0.1, 0.15) is 24.6 Å². The standard InChI is InChI=1S/C19H25N5O2/c1-3-16(14-24(2)13-15-7-5-4-6-8-15)22-18-12-20-17(11-21-18)9-10-19(25)23-26/h4-12,16,26H,3,13-14H2,1-2H3,(H,21,22)(H,23,25)/t16-/m1/s1. The van der Waals surface area contributed by atoms with Gasteiger partial charge in [0, 0.05) is 25.2 Å². The van der Waals surface area contributed by atoms with Crippen molar-refractivity contribution in [3.63, 3.8) is 0 Å². The molecule has 0 fully saturated rings. The number of aromatic nitrogens is 2. The van der Waals surface area contributed by atoms with Crippen molar-refractivity contribution in [2.75, 3.05) is 18.9 Å². The third-order valence-electron chi connectivity index (χ3n) is 3.86. The number of likely N-dealkylation sites (N-methyl/N-ethyl adjacent to an activating group) is 1. The first kappa shape index (κ1) is 19.6. The predicted molar refractivity (Wildman–Crippen MR) is 101 cm³/mol. The number of hydroxylamine groups is 1. The number of nitrogens with one attached hydrogen (secondary N) is 2. The number of amides is 1. The van der Waals surface area contributed by atoms with Gasteiger partial charge < -0.3 is 10.2 Å². The van der Waals surface area contributed by atoms with Gasteiger partial charge in [-0.05, 0) is 25.1 Å². The smallest absolute Gasteiger partial charge is 0.267 e. The SMILES string of the molecule is CC[C@H](CN(C)Cc1ccccc1)Nc1cnc(C=CC(=O)NO)cn1. The molecule has 7 nitrogen and oxygen atoms in total. The quantitative estimate of drug-likeness (QED) is 0.363. The molecule has 0 bridgehead atoms. The molecule has 0 spiro atoms. The fraction of sp³-hybridized carbons (Fsp3) is 0.316. The second-order valence-electron chi connectivity index (χ2n) is 6.07. The van der Waals surface area contributed by atoms with Crippen molar-refractivity contribution in [1.29, 1.82) is 0 Å². The van der Waals surface area contributed by atoms with Gasteiger partial charge in [0.1, 0.15) is 5.82 Å². The highest BCUT2D eigenvalue weighted by Crippen LogP contribution is 2.09. The van der Waals surface area contributed by atoms with Crippen molar-refractivity contribution < 1.29 is 10.0 Å². The van der Waals surface area contributed by atoms with Gasteiger partial charge in [-0.15, -0.1) is 0 Å². The van der Waals surface area contributed by atoms with Crippen LogP contribution in [0.3, 0.4) is 0 Å². The molecule has 1 aromatic carbocycles. The molecule has 0 radical (unpaired) electrons. The highest BCUT2D eigenvalue weighted by molar-refractivity contribution is 5.90. The minimum absolute atomic E-state index is 0.250. The summed E-state index contributed by atoms with van der Waals surface area (Å²) in [5, 5.41) is 11.8. The van der Waals surface area contributed by atoms with E-state index in [0.717, 1.165) is 19.5 Å². The summed E-state index contributed by atoms with van der Waals surface area (Å²) in [4.78, 5) is 21.8. The van der Waals surface area contributed by atoms with Crippen LogP contribution in [0.2, 0.25) is 0 Å². The van der Waals surface area contributed by atoms with E-state index < -0.39 is 5.91 Å². The fourth-order valence-electron chi connectivity index (χ4n) is 2.52. The number of hydrogen-bond donors (Lipinski definition) is 3. The normalized spacial score (nSPS) is 12.3. The average Bonchev–Trinajstić information content (AvgIpc) is 2.67. The summed E-state index contributed by atoms with van der Waals surface area (Å²) in [5.41, 5.74) is 3.35. The van der Waals surface area contributed by atoms with Gasteiger partial charge in [-0.25, -0.2) is 10.5 Å². The Morgan fingerprint density at radius 3 is 2.65 bits per heavy atom. The Morgan fingerprint density at radius 1 is 1.27 bits per heavy atom. The van der Waals surface area contributed by atoms with Crippen LogP contribution in [0.4, 0.5) is 5.82 Å². The molecule has 1 atom stereocenters. The number of hydrogen-bond acceptors (Lipinski definition) is 6. The van der Waals surface area contributed by atoms with Crippen LogP contribution in [0.15, 0.2) is 48.8 Å². The zero-order valence-corrected chi connectivity index (χ0v) is 15.1. The van der Waals surface area contributed by atoms with E-state index in [-0.39, 0.29) is 6.04 Å². The van der Waals surface area contributed by atoms with E-state index >= 15 is 0 Å². The maximum Gasteiger partial charge on any atom is 0.267 e. The number of anilines is 1. The van der Waals surface area contributed by atoms with E-state index in [2.05, 4.69) is 58.4 Å². The molecule has 1 aromatic heterocycles. The first-order valence-corrected chi connectivity index (χ1v) is 8.54. The van der Waals surface area contributed by atoms with Crippen LogP contribution in [0.5, 0.6) is 0 Å². The Hall–Kier alpha value is -2.77. The highest BCUT2D eigenvalue weighted by Gasteiger charge is 2.11. The van der Waals surface area contributed by atoms with Crippen LogP contribution in [-0.2, 0) is 11.3 Å². The summed E-state index contributed by atoms with van der Waals surface area (Å²) < 4.78 is 0. The van der Waals surface area contributed by atoms with Crippen LogP contribution in [0, 0.1) is 0 Å². The van der Waals surface area contributed by atoms with Gasteiger partial charge in [0.15, 0.2) is 0 Å². The Balaban J connectivity index is 1.88. The van der Waals surface area contributed by atoms with E-state index in [0.29, 0.717) is 11.5 Å². The molecule has 3 N–H and O–H groups in total. The van der Waals surface area contributed by atoms with Gasteiger partial charge in [0.2, 0.25) is 0 Å². The first-order chi connectivity index (χ1) is 12.6. The van der Waals surface area contributed by atoms with Crippen molar-refractivity contribution >= 4 is 17.8 Å². The third kappa shape index (κ3) is 6.62. The summed E-state index contributed by atoms with van der Waals surface area (Å²) in [7, 11) is 2.10. The molecule has 0 unspecified atom stereocenters. The number of carbonyl (C=O) groups is 1. The molecule has 138 valence electrons. The van der Waals surface area contributed by atoms with Gasteiger partial charge in [-0.3, -0.25) is 15.0 Å². The molecule has 0 aliphatic rings. The summed E-state index contributed by atoms with van der Waals surface area (Å²) in [6, 6.07) is 10.6. The Bertz CT molecular complexity index is 704. The molecule has 1 heterocycles. The van der Waals surface area contributed by atoms with Crippen molar-refractivity contribution in [3.05, 3.63) is 60.1 Å². The fourth-order valence-corrected chi connectivity index (χ4v) is 2.52. The number of rotatable bonds is 9. The number of benzene rings is 1. The molecule has 0 saturated heterocycles. The van der Waals surface area contributed by atoms with Crippen LogP contribution in [-0.4, -0.2) is 45.6 Å². The molecule has 2 aromatic rings. The van der Waals surface area contributed by atoms with Gasteiger partial charge >= 0.3 is 0 Å². The second kappa shape index (κ2) is 10.3. The number of carbonyl (C=O) groups excluding carboxylic acids is 1. The van der Waals surface area contributed by atoms with Crippen LogP contribution in [0.25, 0.3) is 6.08 Å². The lowest BCUT2D eigenvalue weighted by Gasteiger charge is -2.24. The van der Waals surface area contributed by atoms with E-state index in [9.17, 15) is 4.79 Å². The van der Waals surface area contributed by atoms with E-state index in [1.807, 2.05) is 6.07 Å². The zero-order chi connectivity index (χ0) is 18.8. The maximum absolute atomic E-state index is 11.0. The van der Waals surface area contributed by atoms with Gasteiger partial charge in [-0.2, -0.15) is 0 Å². The predicted octanol–water partition coefficient (Wildman–Crippen LogP) is 2.32. The Morgan fingerprint density at radius 2 is 2.04 bits per heavy atom. The topological polar surface area (TPSA) is 90.4 Å². The molecule has 0 aliphatic carbocycles. The lowest BCUT2D eigenvalue weighted by atomic mass is 10.2. The van der Waals surface area contributed by atoms with Crippen LogP contribution >= 0.6 is 0 Å². The molecule has 0 aliphatic heterocycles. The summed E-state index contributed by atoms with van der Waals surface area (Å²) in [6.07, 6.45) is 6.83. The van der Waals surface area contributed by atoms with Gasteiger partial charge in [0.25, 0.3) is 5.91 Å². The highest BCUT2D eigenvalue weighted by atomic mass is 16.5. The van der Waals surface area contributed by atoms with Gasteiger partial charge in [0.05, 0.1) is 18.1 Å². The van der Waals surface area contributed by atoms with Crippen molar-refractivity contribution in [2.24, 2.45) is 0 Å². The summed E-state index contributed by atoms with van der Waals surface area (Å²) in [5.74, 6) is 0.0789. The minimum atomic E-state index is -0.610. The largest absolute Gasteiger partial charge is 0.365 e. The molecular formula is C19H25N5O2. The monoisotopic (exact) mass is 355 g/mol. The molecule has 2 rings (SSSR count). The lowest BCUT2D eigenvalue weighted by molar-refractivity contribution is -0.124. The van der Waals surface area contributed by atoms with E-state index in [4.69, 9.17) is 5.21 Å². The molecule has 7 heteroatoms. The summed E-state index contributed by atoms with van der Waals surface area (Å²) in [6.45, 7) is 3.90. The van der Waals surface area contributed by atoms with Crippen molar-refractivity contribution in [1.82, 2.24) is 20.3 Å². The summed E-state index contributed by atoms with van der Waals surface area (Å²) >= 11 is 0. The molecule has 1 amide bonds. The molecular weight excluding hydrogens is 330 g/mol. The third-order valence-corrected chi connectivity index (χ3v) is 3.86. The van der Waals surface area contributed by atoms with E-state index in [1.165, 1.54) is 23.2 Å². The molecule has 26 heavy (non-hydrogen) atoms. The zero-order valence-electron chi connectivity index (χ0n) is 15.1. The average molecular weight is 355 g/mol. The van der Waals surface area contributed by atoms with Crippen molar-refractivity contribution in [3.8, 4) is 0 Å².